The molecule has 0 amide bonds. The van der Waals surface area contributed by atoms with Crippen LogP contribution in [0.25, 0.3) is 0 Å². The van der Waals surface area contributed by atoms with Gasteiger partial charge in [-0.25, -0.2) is 0 Å². The molecule has 0 aromatic heterocycles. The number of anilines is 1. The quantitative estimate of drug-likeness (QED) is 0.780. The smallest absolute Gasteiger partial charge is 0.0740 e. The van der Waals surface area contributed by atoms with E-state index in [-0.39, 0.29) is 6.10 Å². The van der Waals surface area contributed by atoms with Crippen LogP contribution in [0.3, 0.4) is 0 Å². The van der Waals surface area contributed by atoms with Crippen LogP contribution in [0.1, 0.15) is 32.3 Å². The molecular formula is C12H18ClNO. The highest BCUT2D eigenvalue weighted by Crippen LogP contribution is 2.19. The van der Waals surface area contributed by atoms with Crippen LogP contribution in [0.4, 0.5) is 5.69 Å². The van der Waals surface area contributed by atoms with Gasteiger partial charge in [0, 0.05) is 16.3 Å². The van der Waals surface area contributed by atoms with Crippen molar-refractivity contribution in [2.75, 3.05) is 5.73 Å². The van der Waals surface area contributed by atoms with E-state index in [0.29, 0.717) is 17.3 Å². The van der Waals surface area contributed by atoms with Gasteiger partial charge in [-0.2, -0.15) is 0 Å². The Bertz CT molecular complexity index is 314. The van der Waals surface area contributed by atoms with Crippen molar-refractivity contribution >= 4 is 17.3 Å². The summed E-state index contributed by atoms with van der Waals surface area (Å²) in [5, 5.41) is 0.665. The summed E-state index contributed by atoms with van der Waals surface area (Å²) in [7, 11) is 0. The van der Waals surface area contributed by atoms with Crippen LogP contribution < -0.4 is 5.73 Å². The maximum Gasteiger partial charge on any atom is 0.0740 e. The van der Waals surface area contributed by atoms with Crippen LogP contribution in [0.15, 0.2) is 18.2 Å². The fourth-order valence-corrected chi connectivity index (χ4v) is 1.60. The second kappa shape index (κ2) is 5.99. The Balaban J connectivity index is 2.50. The molecule has 0 radical (unpaired) electrons. The Morgan fingerprint density at radius 3 is 2.80 bits per heavy atom. The highest BCUT2D eigenvalue weighted by molar-refractivity contribution is 6.30. The third kappa shape index (κ3) is 4.10. The van der Waals surface area contributed by atoms with E-state index in [2.05, 4.69) is 13.8 Å². The molecule has 1 atom stereocenters. The molecule has 0 aliphatic carbocycles. The number of hydrogen-bond acceptors (Lipinski definition) is 2. The van der Waals surface area contributed by atoms with E-state index < -0.39 is 0 Å². The van der Waals surface area contributed by atoms with Crippen molar-refractivity contribution in [3.8, 4) is 0 Å². The average molecular weight is 228 g/mol. The highest BCUT2D eigenvalue weighted by Gasteiger charge is 2.04. The van der Waals surface area contributed by atoms with Crippen LogP contribution >= 0.6 is 11.6 Å². The van der Waals surface area contributed by atoms with E-state index in [1.807, 2.05) is 12.1 Å². The molecule has 1 aromatic rings. The topological polar surface area (TPSA) is 35.2 Å². The minimum atomic E-state index is 0.282. The van der Waals surface area contributed by atoms with Crippen molar-refractivity contribution in [3.63, 3.8) is 0 Å². The van der Waals surface area contributed by atoms with Crippen LogP contribution in [-0.4, -0.2) is 6.10 Å². The first-order chi connectivity index (χ1) is 7.13. The molecule has 2 N–H and O–H groups in total. The lowest BCUT2D eigenvalue weighted by atomic mass is 10.2. The van der Waals surface area contributed by atoms with Gasteiger partial charge in [-0.1, -0.05) is 31.0 Å². The van der Waals surface area contributed by atoms with Gasteiger partial charge in [0.2, 0.25) is 0 Å². The van der Waals surface area contributed by atoms with E-state index in [9.17, 15) is 0 Å². The van der Waals surface area contributed by atoms with Crippen molar-refractivity contribution in [1.82, 2.24) is 0 Å². The molecule has 0 aliphatic heterocycles. The summed E-state index contributed by atoms with van der Waals surface area (Å²) in [4.78, 5) is 0. The molecule has 0 aliphatic rings. The fraction of sp³-hybridized carbons (Fsp3) is 0.500. The average Bonchev–Trinajstić information content (AvgIpc) is 2.17. The minimum Gasteiger partial charge on any atom is -0.398 e. The van der Waals surface area contributed by atoms with Crippen molar-refractivity contribution in [3.05, 3.63) is 28.8 Å². The Morgan fingerprint density at radius 2 is 2.20 bits per heavy atom. The van der Waals surface area contributed by atoms with Crippen molar-refractivity contribution in [2.45, 2.75) is 39.4 Å². The molecule has 84 valence electrons. The number of benzene rings is 1. The third-order valence-electron chi connectivity index (χ3n) is 2.33. The lowest BCUT2D eigenvalue weighted by Gasteiger charge is -2.13. The summed E-state index contributed by atoms with van der Waals surface area (Å²) in [6.07, 6.45) is 2.50. The molecular weight excluding hydrogens is 210 g/mol. The van der Waals surface area contributed by atoms with Crippen molar-refractivity contribution < 1.29 is 4.74 Å². The first-order valence-corrected chi connectivity index (χ1v) is 5.66. The van der Waals surface area contributed by atoms with Gasteiger partial charge in [-0.3, -0.25) is 0 Å². The maximum atomic E-state index is 5.82. The largest absolute Gasteiger partial charge is 0.398 e. The van der Waals surface area contributed by atoms with Crippen LogP contribution in [0.5, 0.6) is 0 Å². The van der Waals surface area contributed by atoms with E-state index in [4.69, 9.17) is 22.1 Å². The van der Waals surface area contributed by atoms with Gasteiger partial charge in [-0.05, 0) is 25.5 Å². The zero-order valence-corrected chi connectivity index (χ0v) is 10.1. The normalized spacial score (nSPS) is 12.7. The van der Waals surface area contributed by atoms with Gasteiger partial charge in [0.15, 0.2) is 0 Å². The maximum absolute atomic E-state index is 5.82. The molecule has 15 heavy (non-hydrogen) atoms. The molecule has 1 rings (SSSR count). The Kier molecular flexibility index (Phi) is 4.92. The number of nitrogens with two attached hydrogens (primary N) is 1. The van der Waals surface area contributed by atoms with Gasteiger partial charge in [0.1, 0.15) is 0 Å². The SMILES string of the molecule is CCCC(C)OCc1ccc(Cl)cc1N. The summed E-state index contributed by atoms with van der Waals surface area (Å²) in [5.74, 6) is 0. The van der Waals surface area contributed by atoms with Crippen LogP contribution in [-0.2, 0) is 11.3 Å². The Hall–Kier alpha value is -0.730. The summed E-state index contributed by atoms with van der Waals surface area (Å²) in [6.45, 7) is 4.79. The van der Waals surface area contributed by atoms with Gasteiger partial charge < -0.3 is 10.5 Å². The second-order valence-corrected chi connectivity index (χ2v) is 4.19. The van der Waals surface area contributed by atoms with Gasteiger partial charge in [0.25, 0.3) is 0 Å². The summed E-state index contributed by atoms with van der Waals surface area (Å²) >= 11 is 5.81. The number of rotatable bonds is 5. The molecule has 0 bridgehead atoms. The number of nitrogen functional groups attached to an aromatic ring is 1. The zero-order chi connectivity index (χ0) is 11.3. The first-order valence-electron chi connectivity index (χ1n) is 5.29. The third-order valence-corrected chi connectivity index (χ3v) is 2.56. The van der Waals surface area contributed by atoms with Crippen LogP contribution in [0.2, 0.25) is 5.02 Å². The van der Waals surface area contributed by atoms with Crippen molar-refractivity contribution in [2.24, 2.45) is 0 Å². The molecule has 0 fully saturated rings. The monoisotopic (exact) mass is 227 g/mol. The standard InChI is InChI=1S/C12H18ClNO/c1-3-4-9(2)15-8-10-5-6-11(13)7-12(10)14/h5-7,9H,3-4,8,14H2,1-2H3. The Morgan fingerprint density at radius 1 is 1.47 bits per heavy atom. The molecule has 2 nitrogen and oxygen atoms in total. The molecule has 0 spiro atoms. The minimum absolute atomic E-state index is 0.282. The van der Waals surface area contributed by atoms with Gasteiger partial charge >= 0.3 is 0 Å². The Labute approximate surface area is 96.4 Å². The summed E-state index contributed by atoms with van der Waals surface area (Å²) in [6, 6.07) is 5.50. The van der Waals surface area contributed by atoms with E-state index in [1.165, 1.54) is 0 Å². The first kappa shape index (κ1) is 12.3. The van der Waals surface area contributed by atoms with E-state index >= 15 is 0 Å². The number of hydrogen-bond donors (Lipinski definition) is 1. The molecule has 1 aromatic carbocycles. The van der Waals surface area contributed by atoms with Gasteiger partial charge in [0.05, 0.1) is 12.7 Å². The zero-order valence-electron chi connectivity index (χ0n) is 9.29. The predicted molar refractivity (Wildman–Crippen MR) is 65.0 cm³/mol. The highest BCUT2D eigenvalue weighted by atomic mass is 35.5. The molecule has 0 saturated carbocycles. The van der Waals surface area contributed by atoms with E-state index in [1.54, 1.807) is 6.07 Å². The molecule has 1 unspecified atom stereocenters. The van der Waals surface area contributed by atoms with Crippen LogP contribution in [0, 0.1) is 0 Å². The van der Waals surface area contributed by atoms with E-state index in [0.717, 1.165) is 18.4 Å². The predicted octanol–water partition coefficient (Wildman–Crippen LogP) is 3.63. The fourth-order valence-electron chi connectivity index (χ4n) is 1.42. The lowest BCUT2D eigenvalue weighted by molar-refractivity contribution is 0.0475. The van der Waals surface area contributed by atoms with Crippen molar-refractivity contribution in [1.29, 1.82) is 0 Å². The molecule has 0 saturated heterocycles. The number of ether oxygens (including phenoxy) is 1. The van der Waals surface area contributed by atoms with Gasteiger partial charge in [-0.15, -0.1) is 0 Å². The molecule has 3 heteroatoms. The molecule has 0 heterocycles. The second-order valence-electron chi connectivity index (χ2n) is 3.75. The summed E-state index contributed by atoms with van der Waals surface area (Å²) < 4.78 is 5.67. The number of halogens is 1. The lowest BCUT2D eigenvalue weighted by Crippen LogP contribution is -2.08. The summed E-state index contributed by atoms with van der Waals surface area (Å²) in [5.41, 5.74) is 7.52.